The van der Waals surface area contributed by atoms with Crippen LogP contribution in [0.3, 0.4) is 0 Å². The van der Waals surface area contributed by atoms with E-state index in [-0.39, 0.29) is 12.1 Å². The molecule has 0 bridgehead atoms. The van der Waals surface area contributed by atoms with Crippen molar-refractivity contribution in [3.8, 4) is 0 Å². The smallest absolute Gasteiger partial charge is 0.353 e. The predicted molar refractivity (Wildman–Crippen MR) is 139 cm³/mol. The first-order valence-electron chi connectivity index (χ1n) is 10.6. The molecule has 3 heterocycles. The SMILES string of the molecule is CO/N=C(/C(=O)Cc1cccs1)C(=O)N[C@@H]1C(=O)N2C(C(=O)O)=C(Sc3ccc(CCl)cc3)CS[C@H]12. The van der Waals surface area contributed by atoms with Crippen LogP contribution >= 0.6 is 46.5 Å². The number of thioether (sulfide) groups is 2. The van der Waals surface area contributed by atoms with E-state index in [2.05, 4.69) is 15.3 Å². The molecule has 2 aromatic rings. The Hall–Kier alpha value is -2.80. The highest BCUT2D eigenvalue weighted by Crippen LogP contribution is 2.45. The maximum Gasteiger partial charge on any atom is 0.353 e. The van der Waals surface area contributed by atoms with Gasteiger partial charge in [-0.15, -0.1) is 34.7 Å². The summed E-state index contributed by atoms with van der Waals surface area (Å²) in [6.07, 6.45) is -0.0332. The Morgan fingerprint density at radius 2 is 2.03 bits per heavy atom. The second-order valence-corrected chi connectivity index (χ2v) is 11.2. The average Bonchev–Trinajstić information content (AvgIpc) is 3.38. The highest BCUT2D eigenvalue weighted by Gasteiger charge is 2.54. The molecule has 2 atom stereocenters. The van der Waals surface area contributed by atoms with Crippen LogP contribution in [-0.4, -0.2) is 63.6 Å². The maximum absolute atomic E-state index is 13.0. The number of benzene rings is 1. The first-order valence-corrected chi connectivity index (χ1v) is 13.8. The lowest BCUT2D eigenvalue weighted by molar-refractivity contribution is -0.150. The van der Waals surface area contributed by atoms with Gasteiger partial charge in [0.25, 0.3) is 11.8 Å². The molecule has 9 nitrogen and oxygen atoms in total. The van der Waals surface area contributed by atoms with Crippen molar-refractivity contribution in [1.29, 1.82) is 0 Å². The summed E-state index contributed by atoms with van der Waals surface area (Å²) >= 11 is 9.80. The highest BCUT2D eigenvalue weighted by atomic mass is 35.5. The first-order chi connectivity index (χ1) is 17.3. The van der Waals surface area contributed by atoms with Gasteiger partial charge in [0.05, 0.1) is 0 Å². The average molecular weight is 566 g/mol. The van der Waals surface area contributed by atoms with Gasteiger partial charge in [-0.05, 0) is 29.1 Å². The van der Waals surface area contributed by atoms with E-state index in [0.29, 0.717) is 16.5 Å². The molecular formula is C23H20ClN3O6S3. The van der Waals surface area contributed by atoms with Crippen LogP contribution in [0.4, 0.5) is 0 Å². The number of hydrogen-bond donors (Lipinski definition) is 2. The molecule has 1 aromatic carbocycles. The summed E-state index contributed by atoms with van der Waals surface area (Å²) in [5, 5.41) is 17.2. The second-order valence-electron chi connectivity index (χ2n) is 7.62. The van der Waals surface area contributed by atoms with E-state index in [1.54, 1.807) is 12.1 Å². The molecule has 0 unspecified atom stereocenters. The number of fused-ring (bicyclic) bond motifs is 1. The molecule has 2 aliphatic rings. The topological polar surface area (TPSA) is 125 Å². The van der Waals surface area contributed by atoms with Crippen molar-refractivity contribution < 1.29 is 29.1 Å². The van der Waals surface area contributed by atoms with Gasteiger partial charge >= 0.3 is 5.97 Å². The van der Waals surface area contributed by atoms with Gasteiger partial charge in [-0.3, -0.25) is 19.3 Å². The van der Waals surface area contributed by atoms with E-state index in [1.165, 1.54) is 46.9 Å². The Balaban J connectivity index is 1.48. The summed E-state index contributed by atoms with van der Waals surface area (Å²) in [6.45, 7) is 0. The number of alkyl halides is 1. The molecule has 13 heteroatoms. The van der Waals surface area contributed by atoms with Crippen molar-refractivity contribution in [3.63, 3.8) is 0 Å². The van der Waals surface area contributed by atoms with E-state index < -0.39 is 40.7 Å². The summed E-state index contributed by atoms with van der Waals surface area (Å²) < 4.78 is 0. The van der Waals surface area contributed by atoms with E-state index >= 15 is 0 Å². The Morgan fingerprint density at radius 3 is 2.64 bits per heavy atom. The van der Waals surface area contributed by atoms with Gasteiger partial charge in [0, 0.05) is 32.7 Å². The van der Waals surface area contributed by atoms with Crippen LogP contribution < -0.4 is 5.32 Å². The fourth-order valence-corrected chi connectivity index (χ4v) is 6.99. The van der Waals surface area contributed by atoms with Gasteiger partial charge in [0.2, 0.25) is 5.71 Å². The van der Waals surface area contributed by atoms with Crippen LogP contribution in [0.25, 0.3) is 0 Å². The van der Waals surface area contributed by atoms with Gasteiger partial charge < -0.3 is 15.3 Å². The minimum atomic E-state index is -1.23. The Labute approximate surface area is 223 Å². The Kier molecular flexibility index (Phi) is 8.39. The number of rotatable bonds is 10. The number of nitrogens with zero attached hydrogens (tertiary/aromatic N) is 2. The second kappa shape index (κ2) is 11.5. The van der Waals surface area contributed by atoms with Crippen LogP contribution in [0, 0.1) is 0 Å². The number of β-lactam (4-membered cyclic amide) rings is 1. The molecule has 0 spiro atoms. The third-order valence-corrected chi connectivity index (χ3v) is 9.06. The lowest BCUT2D eigenvalue weighted by Crippen LogP contribution is -2.71. The van der Waals surface area contributed by atoms with Gasteiger partial charge in [0.1, 0.15) is 24.2 Å². The van der Waals surface area contributed by atoms with Crippen molar-refractivity contribution in [1.82, 2.24) is 10.2 Å². The molecule has 2 amide bonds. The van der Waals surface area contributed by atoms with Gasteiger partial charge in [-0.2, -0.15) is 0 Å². The zero-order valence-electron chi connectivity index (χ0n) is 18.8. The zero-order valence-corrected chi connectivity index (χ0v) is 22.0. The molecule has 2 N–H and O–H groups in total. The number of hydrogen-bond acceptors (Lipinski definition) is 9. The summed E-state index contributed by atoms with van der Waals surface area (Å²) in [6, 6.07) is 9.95. The first kappa shape index (κ1) is 26.3. The summed E-state index contributed by atoms with van der Waals surface area (Å²) in [5.74, 6) is -2.50. The van der Waals surface area contributed by atoms with Crippen molar-refractivity contribution in [2.24, 2.45) is 5.16 Å². The molecule has 1 fully saturated rings. The van der Waals surface area contributed by atoms with Crippen LogP contribution in [0.2, 0.25) is 0 Å². The number of ketones is 1. The lowest BCUT2D eigenvalue weighted by Gasteiger charge is -2.49. The summed E-state index contributed by atoms with van der Waals surface area (Å²) in [7, 11) is 1.21. The number of oxime groups is 1. The standard InChI is InChI=1S/C23H20ClN3O6S3/c1-33-26-17(15(28)9-14-3-2-8-34-14)20(29)25-18-21(30)27-19(23(31)32)16(11-35-22(18)27)36-13-6-4-12(10-24)5-7-13/h2-8,18,22H,9-11H2,1H3,(H,25,29)(H,31,32)/b26-17-/t18-,22-/m1/s1. The third-order valence-electron chi connectivity index (χ3n) is 5.32. The Morgan fingerprint density at radius 1 is 1.28 bits per heavy atom. The molecule has 1 saturated heterocycles. The molecule has 4 rings (SSSR count). The van der Waals surface area contributed by atoms with E-state index in [0.717, 1.165) is 15.3 Å². The van der Waals surface area contributed by atoms with E-state index in [9.17, 15) is 24.3 Å². The van der Waals surface area contributed by atoms with Crippen molar-refractivity contribution in [2.45, 2.75) is 28.6 Å². The minimum Gasteiger partial charge on any atom is -0.477 e. The fraction of sp³-hybridized carbons (Fsp3) is 0.261. The van der Waals surface area contributed by atoms with Crippen LogP contribution in [0.15, 0.2) is 62.4 Å². The number of carboxylic acid groups (broad SMARTS) is 1. The molecule has 0 aliphatic carbocycles. The monoisotopic (exact) mass is 565 g/mol. The van der Waals surface area contributed by atoms with Gasteiger partial charge in [0.15, 0.2) is 5.78 Å². The van der Waals surface area contributed by atoms with Crippen molar-refractivity contribution in [3.05, 3.63) is 62.8 Å². The summed E-state index contributed by atoms with van der Waals surface area (Å²) in [4.78, 5) is 58.5. The van der Waals surface area contributed by atoms with E-state index in [1.807, 2.05) is 29.6 Å². The number of halogens is 1. The largest absolute Gasteiger partial charge is 0.477 e. The van der Waals surface area contributed by atoms with Crippen LogP contribution in [-0.2, 0) is 36.3 Å². The third kappa shape index (κ3) is 5.46. The highest BCUT2D eigenvalue weighted by molar-refractivity contribution is 8.06. The number of aliphatic carboxylic acids is 1. The Bertz CT molecular complexity index is 1250. The zero-order chi connectivity index (χ0) is 25.8. The number of nitrogens with one attached hydrogen (secondary N) is 1. The number of carboxylic acids is 1. The van der Waals surface area contributed by atoms with Gasteiger partial charge in [-0.1, -0.05) is 35.1 Å². The van der Waals surface area contributed by atoms with Crippen LogP contribution in [0.1, 0.15) is 10.4 Å². The predicted octanol–water partition coefficient (Wildman–Crippen LogP) is 3.09. The maximum atomic E-state index is 13.0. The molecule has 36 heavy (non-hydrogen) atoms. The fourth-order valence-electron chi connectivity index (χ4n) is 3.63. The lowest BCUT2D eigenvalue weighted by atomic mass is 10.0. The van der Waals surface area contributed by atoms with Crippen molar-refractivity contribution in [2.75, 3.05) is 12.9 Å². The van der Waals surface area contributed by atoms with Crippen molar-refractivity contribution >= 4 is 75.7 Å². The molecule has 188 valence electrons. The molecule has 2 aliphatic heterocycles. The molecule has 1 aromatic heterocycles. The van der Waals surface area contributed by atoms with Gasteiger partial charge in [-0.25, -0.2) is 4.79 Å². The molecular weight excluding hydrogens is 546 g/mol. The number of carbonyl (C=O) groups is 4. The number of amides is 2. The van der Waals surface area contributed by atoms with Crippen LogP contribution in [0.5, 0.6) is 0 Å². The number of carbonyl (C=O) groups excluding carboxylic acids is 3. The normalized spacial score (nSPS) is 19.4. The number of thiophene rings is 1. The van der Waals surface area contributed by atoms with E-state index in [4.69, 9.17) is 11.6 Å². The minimum absolute atomic E-state index is 0.0332. The quantitative estimate of drug-likeness (QED) is 0.148. The summed E-state index contributed by atoms with van der Waals surface area (Å²) in [5.41, 5.74) is 0.372. The molecule has 0 radical (unpaired) electrons. The number of Topliss-reactive ketones (excluding diaryl/α,β-unsaturated/α-hetero) is 1. The molecule has 0 saturated carbocycles.